The van der Waals surface area contributed by atoms with Gasteiger partial charge in [0.2, 0.25) is 5.78 Å². The van der Waals surface area contributed by atoms with E-state index in [0.717, 1.165) is 6.08 Å². The number of Topliss-reactive ketones (excluding diaryl/α,β-unsaturated/α-hetero) is 2. The van der Waals surface area contributed by atoms with Crippen LogP contribution in [-0.4, -0.2) is 79.7 Å². The van der Waals surface area contributed by atoms with Crippen LogP contribution in [-0.2, 0) is 9.59 Å². The quantitative estimate of drug-likeness (QED) is 0.248. The number of nitrogens with zero attached hydrogens (tertiary/aromatic N) is 2. The van der Waals surface area contributed by atoms with E-state index in [2.05, 4.69) is 0 Å². The Morgan fingerprint density at radius 1 is 1.22 bits per heavy atom. The lowest BCUT2D eigenvalue weighted by Gasteiger charge is -2.53. The van der Waals surface area contributed by atoms with Gasteiger partial charge in [0, 0.05) is 23.1 Å². The molecule has 6 atom stereocenters. The van der Waals surface area contributed by atoms with Crippen molar-refractivity contribution in [2.24, 2.45) is 17.6 Å². The van der Waals surface area contributed by atoms with Crippen LogP contribution in [0.5, 0.6) is 5.75 Å². The summed E-state index contributed by atoms with van der Waals surface area (Å²) in [7, 11) is 2.94. The van der Waals surface area contributed by atoms with E-state index in [1.165, 1.54) is 31.1 Å². The summed E-state index contributed by atoms with van der Waals surface area (Å²) < 4.78 is 0. The maximum atomic E-state index is 13.7. The van der Waals surface area contributed by atoms with Gasteiger partial charge < -0.3 is 31.3 Å². The van der Waals surface area contributed by atoms with Crippen LogP contribution in [0.3, 0.4) is 0 Å². The van der Waals surface area contributed by atoms with Crippen LogP contribution in [0.1, 0.15) is 34.3 Å². The van der Waals surface area contributed by atoms with Gasteiger partial charge in [0.05, 0.1) is 29.7 Å². The van der Waals surface area contributed by atoms with E-state index in [4.69, 9.17) is 11.0 Å². The average Bonchev–Trinajstić information content (AvgIpc) is 2.80. The number of carbonyl (C=O) groups excluding carboxylic acids is 3. The van der Waals surface area contributed by atoms with Crippen LogP contribution < -0.4 is 5.73 Å². The number of likely N-dealkylation sites (N-methyl/N-ethyl adjacent to an activating group) is 1. The third-order valence-electron chi connectivity index (χ3n) is 7.50. The minimum absolute atomic E-state index is 0.146. The van der Waals surface area contributed by atoms with Gasteiger partial charge in [-0.15, -0.1) is 0 Å². The van der Waals surface area contributed by atoms with E-state index in [9.17, 15) is 39.9 Å². The van der Waals surface area contributed by atoms with Crippen LogP contribution in [0.15, 0.2) is 40.9 Å². The molecular formula is C25H25N3O8. The SMILES string of the molecule is C[C@H]1c2ccc(/C=C/C#N)c(O)c2C(=O)C2=C(O)[C@]3(O)C(=O)C(C(N)=O)=C(O)[C@@H](N(C)C)[C@@H]3[C@@H](O)[C@@H]21. The van der Waals surface area contributed by atoms with E-state index in [-0.39, 0.29) is 11.1 Å². The molecule has 7 N–H and O–H groups in total. The molecule has 0 radical (unpaired) electrons. The molecule has 1 aromatic rings. The minimum Gasteiger partial charge on any atom is -0.510 e. The van der Waals surface area contributed by atoms with Gasteiger partial charge >= 0.3 is 0 Å². The maximum Gasteiger partial charge on any atom is 0.255 e. The fourth-order valence-electron chi connectivity index (χ4n) is 5.90. The molecule has 11 heteroatoms. The molecule has 36 heavy (non-hydrogen) atoms. The Morgan fingerprint density at radius 2 is 1.86 bits per heavy atom. The van der Waals surface area contributed by atoms with Crippen molar-refractivity contribution in [3.8, 4) is 11.8 Å². The highest BCUT2D eigenvalue weighted by molar-refractivity contribution is 6.25. The standard InChI is InChI=1S/C25H25N3O8/c1-9-11-7-6-10(5-4-8-26)18(29)13(11)19(30)14-12(9)20(31)16-17(28(2)3)21(32)15(24(27)35)23(34)25(16,36)22(14)33/h4-7,9,12,16-17,20,29,31-33,36H,1-3H3,(H2,27,35)/b5-4+/t9-,12+,16+,17-,20-,25-/m0/s1. The number of nitrogens with two attached hydrogens (primary N) is 1. The number of primary amides is 1. The molecule has 0 unspecified atom stereocenters. The first-order valence-electron chi connectivity index (χ1n) is 11.1. The fraction of sp³-hybridized carbons (Fsp3) is 0.360. The van der Waals surface area contributed by atoms with Crippen molar-refractivity contribution in [3.63, 3.8) is 0 Å². The second-order valence-electron chi connectivity index (χ2n) is 9.48. The van der Waals surface area contributed by atoms with Crippen molar-refractivity contribution < 1.29 is 39.9 Å². The molecule has 0 saturated carbocycles. The summed E-state index contributed by atoms with van der Waals surface area (Å²) in [6.45, 7) is 1.64. The number of phenolic OH excluding ortho intramolecular Hbond substituents is 1. The summed E-state index contributed by atoms with van der Waals surface area (Å²) in [5, 5.41) is 64.9. The number of fused-ring (bicyclic) bond motifs is 3. The number of amides is 1. The number of aliphatic hydroxyl groups is 4. The second kappa shape index (κ2) is 8.30. The topological polar surface area (TPSA) is 205 Å². The van der Waals surface area contributed by atoms with E-state index in [1.54, 1.807) is 19.1 Å². The molecule has 1 aromatic carbocycles. The predicted molar refractivity (Wildman–Crippen MR) is 124 cm³/mol. The molecule has 4 rings (SSSR count). The van der Waals surface area contributed by atoms with Crippen LogP contribution >= 0.6 is 0 Å². The molecule has 11 nitrogen and oxygen atoms in total. The van der Waals surface area contributed by atoms with Gasteiger partial charge in [0.15, 0.2) is 11.4 Å². The first kappa shape index (κ1) is 25.1. The van der Waals surface area contributed by atoms with Crippen LogP contribution in [0.25, 0.3) is 6.08 Å². The molecule has 1 amide bonds. The fourth-order valence-corrected chi connectivity index (χ4v) is 5.90. The highest BCUT2D eigenvalue weighted by atomic mass is 16.4. The molecule has 3 aliphatic rings. The van der Waals surface area contributed by atoms with E-state index < -0.39 is 81.4 Å². The zero-order chi connectivity index (χ0) is 26.9. The van der Waals surface area contributed by atoms with Gasteiger partial charge in [-0.05, 0) is 31.7 Å². The van der Waals surface area contributed by atoms with E-state index in [1.807, 2.05) is 0 Å². The molecule has 188 valence electrons. The van der Waals surface area contributed by atoms with Gasteiger partial charge in [0.25, 0.3) is 5.91 Å². The van der Waals surface area contributed by atoms with Crippen molar-refractivity contribution >= 4 is 23.5 Å². The zero-order valence-corrected chi connectivity index (χ0v) is 19.6. The summed E-state index contributed by atoms with van der Waals surface area (Å²) in [5.74, 6) is -9.45. The van der Waals surface area contributed by atoms with Crippen molar-refractivity contribution in [2.75, 3.05) is 14.1 Å². The minimum atomic E-state index is -2.96. The van der Waals surface area contributed by atoms with Gasteiger partial charge in [0.1, 0.15) is 22.8 Å². The van der Waals surface area contributed by atoms with Crippen molar-refractivity contribution in [2.45, 2.75) is 30.6 Å². The van der Waals surface area contributed by atoms with Crippen LogP contribution in [0.2, 0.25) is 0 Å². The summed E-state index contributed by atoms with van der Waals surface area (Å²) >= 11 is 0. The van der Waals surface area contributed by atoms with E-state index in [0.29, 0.717) is 5.56 Å². The summed E-state index contributed by atoms with van der Waals surface area (Å²) in [4.78, 5) is 40.4. The van der Waals surface area contributed by atoms with Gasteiger partial charge in [-0.25, -0.2) is 0 Å². The third-order valence-corrected chi connectivity index (χ3v) is 7.50. The lowest BCUT2D eigenvalue weighted by molar-refractivity contribution is -0.162. The number of benzene rings is 1. The predicted octanol–water partition coefficient (Wildman–Crippen LogP) is 0.189. The maximum absolute atomic E-state index is 13.7. The van der Waals surface area contributed by atoms with Crippen molar-refractivity contribution in [3.05, 3.63) is 57.6 Å². The first-order chi connectivity index (χ1) is 16.8. The van der Waals surface area contributed by atoms with Crippen molar-refractivity contribution in [1.82, 2.24) is 4.90 Å². The molecule has 0 heterocycles. The first-order valence-corrected chi connectivity index (χ1v) is 11.1. The van der Waals surface area contributed by atoms with E-state index >= 15 is 0 Å². The largest absolute Gasteiger partial charge is 0.510 e. The Labute approximate surface area is 205 Å². The number of hydrogen-bond acceptors (Lipinski definition) is 10. The summed E-state index contributed by atoms with van der Waals surface area (Å²) in [6, 6.07) is 3.50. The second-order valence-corrected chi connectivity index (χ2v) is 9.48. The monoisotopic (exact) mass is 495 g/mol. The van der Waals surface area contributed by atoms with Gasteiger partial charge in [-0.2, -0.15) is 5.26 Å². The number of ketones is 2. The van der Waals surface area contributed by atoms with Gasteiger partial charge in [-0.3, -0.25) is 19.3 Å². The number of carbonyl (C=O) groups is 3. The molecule has 3 aliphatic carbocycles. The Hall–Kier alpha value is -3.98. The molecular weight excluding hydrogens is 470 g/mol. The lowest BCUT2D eigenvalue weighted by atomic mass is 9.55. The molecule has 0 bridgehead atoms. The number of aromatic hydroxyl groups is 1. The summed E-state index contributed by atoms with van der Waals surface area (Å²) in [6.07, 6.45) is 0.731. The highest BCUT2D eigenvalue weighted by Crippen LogP contribution is 2.55. The molecule has 0 saturated heterocycles. The van der Waals surface area contributed by atoms with Crippen molar-refractivity contribution in [1.29, 1.82) is 5.26 Å². The molecule has 0 fully saturated rings. The Morgan fingerprint density at radius 3 is 2.42 bits per heavy atom. The molecule has 0 aliphatic heterocycles. The third kappa shape index (κ3) is 3.05. The Balaban J connectivity index is 2.03. The molecule has 0 aromatic heterocycles. The van der Waals surface area contributed by atoms with Crippen LogP contribution in [0, 0.1) is 23.2 Å². The van der Waals surface area contributed by atoms with Crippen LogP contribution in [0.4, 0.5) is 0 Å². The highest BCUT2D eigenvalue weighted by Gasteiger charge is 2.67. The number of hydrogen-bond donors (Lipinski definition) is 6. The summed E-state index contributed by atoms with van der Waals surface area (Å²) in [5.41, 5.74) is 1.17. The smallest absolute Gasteiger partial charge is 0.255 e. The number of aliphatic hydroxyl groups excluding tert-OH is 3. The lowest BCUT2D eigenvalue weighted by Crippen LogP contribution is -2.68. The number of rotatable bonds is 3. The number of nitriles is 1. The van der Waals surface area contributed by atoms with Gasteiger partial charge in [-0.1, -0.05) is 19.1 Å². The average molecular weight is 495 g/mol. The Kier molecular flexibility index (Phi) is 5.80. The number of phenols is 1. The Bertz CT molecular complexity index is 1350. The molecule has 0 spiro atoms. The normalized spacial score (nSPS) is 31.9. The zero-order valence-electron chi connectivity index (χ0n) is 19.6. The number of allylic oxidation sites excluding steroid dienone is 1.